The maximum Gasteiger partial charge on any atom is 0.191 e. The normalized spacial score (nSPS) is 16.1. The van der Waals surface area contributed by atoms with Crippen LogP contribution in [0.5, 0.6) is 0 Å². The summed E-state index contributed by atoms with van der Waals surface area (Å²) >= 11 is 0. The van der Waals surface area contributed by atoms with Crippen LogP contribution in [0.25, 0.3) is 0 Å². The molecule has 0 aliphatic heterocycles. The zero-order chi connectivity index (χ0) is 19.4. The summed E-state index contributed by atoms with van der Waals surface area (Å²) in [5, 5.41) is 7.03. The van der Waals surface area contributed by atoms with Crippen molar-refractivity contribution in [2.24, 2.45) is 10.4 Å². The van der Waals surface area contributed by atoms with Crippen LogP contribution in [0, 0.1) is 5.41 Å². The first kappa shape index (κ1) is 25.2. The van der Waals surface area contributed by atoms with Crippen molar-refractivity contribution in [1.29, 1.82) is 0 Å². The first-order chi connectivity index (χ1) is 13.2. The Hall–Kier alpha value is -0.860. The molecular formula is C22H39IN4O. The number of aliphatic imine (C=N–C) groups is 1. The van der Waals surface area contributed by atoms with Gasteiger partial charge in [0.05, 0.1) is 0 Å². The summed E-state index contributed by atoms with van der Waals surface area (Å²) in [6, 6.07) is 10.6. The Kier molecular flexibility index (Phi) is 12.7. The summed E-state index contributed by atoms with van der Waals surface area (Å²) in [7, 11) is 4.01. The minimum atomic E-state index is 0. The van der Waals surface area contributed by atoms with Crippen molar-refractivity contribution in [1.82, 2.24) is 15.5 Å². The van der Waals surface area contributed by atoms with Crippen LogP contribution < -0.4 is 10.6 Å². The minimum Gasteiger partial charge on any atom is -0.382 e. The van der Waals surface area contributed by atoms with E-state index in [2.05, 4.69) is 64.8 Å². The summed E-state index contributed by atoms with van der Waals surface area (Å²) in [6.45, 7) is 7.56. The van der Waals surface area contributed by atoms with Gasteiger partial charge in [0.25, 0.3) is 0 Å². The number of nitrogens with one attached hydrogen (secondary N) is 2. The monoisotopic (exact) mass is 502 g/mol. The third-order valence-electron chi connectivity index (χ3n) is 5.58. The Morgan fingerprint density at radius 3 is 2.54 bits per heavy atom. The number of ether oxygens (including phenoxy) is 1. The Bertz CT molecular complexity index is 547. The highest BCUT2D eigenvalue weighted by molar-refractivity contribution is 14.0. The number of nitrogens with zero attached hydrogens (tertiary/aromatic N) is 2. The third kappa shape index (κ3) is 9.09. The van der Waals surface area contributed by atoms with Gasteiger partial charge in [0.2, 0.25) is 0 Å². The highest BCUT2D eigenvalue weighted by Crippen LogP contribution is 2.40. The SMILES string of the molecule is CCOCCC1(CNC(=NC)NCCN(C)Cc2ccccc2)CCCC1.I. The van der Waals surface area contributed by atoms with Crippen LogP contribution in [0.4, 0.5) is 0 Å². The fraction of sp³-hybridized carbons (Fsp3) is 0.682. The molecule has 1 aliphatic rings. The second-order valence-electron chi connectivity index (χ2n) is 7.73. The van der Waals surface area contributed by atoms with E-state index in [9.17, 15) is 0 Å². The molecule has 0 spiro atoms. The van der Waals surface area contributed by atoms with E-state index in [1.165, 1.54) is 31.2 Å². The van der Waals surface area contributed by atoms with Gasteiger partial charge in [0, 0.05) is 46.4 Å². The number of likely N-dealkylation sites (N-methyl/N-ethyl adjacent to an activating group) is 1. The van der Waals surface area contributed by atoms with E-state index in [1.54, 1.807) is 0 Å². The molecule has 0 radical (unpaired) electrons. The number of hydrogen-bond acceptors (Lipinski definition) is 3. The largest absolute Gasteiger partial charge is 0.382 e. The second-order valence-corrected chi connectivity index (χ2v) is 7.73. The molecule has 0 atom stereocenters. The predicted octanol–water partition coefficient (Wildman–Crippen LogP) is 3.89. The van der Waals surface area contributed by atoms with E-state index in [-0.39, 0.29) is 24.0 Å². The van der Waals surface area contributed by atoms with Gasteiger partial charge in [-0.3, -0.25) is 4.99 Å². The lowest BCUT2D eigenvalue weighted by atomic mass is 9.83. The van der Waals surface area contributed by atoms with Crippen LogP contribution in [0.3, 0.4) is 0 Å². The summed E-state index contributed by atoms with van der Waals surface area (Å²) in [6.07, 6.45) is 6.41. The Balaban J connectivity index is 0.00000392. The van der Waals surface area contributed by atoms with E-state index < -0.39 is 0 Å². The van der Waals surface area contributed by atoms with Crippen molar-refractivity contribution in [3.8, 4) is 0 Å². The molecule has 1 saturated carbocycles. The lowest BCUT2D eigenvalue weighted by molar-refractivity contribution is 0.105. The highest BCUT2D eigenvalue weighted by atomic mass is 127. The molecule has 160 valence electrons. The number of hydrogen-bond donors (Lipinski definition) is 2. The van der Waals surface area contributed by atoms with Crippen molar-refractivity contribution in [3.63, 3.8) is 0 Å². The standard InChI is InChI=1S/C22H38N4O.HI/c1-4-27-17-14-22(12-8-9-13-22)19-25-21(23-2)24-15-16-26(3)18-20-10-6-5-7-11-20;/h5-7,10-11H,4,8-9,12-19H2,1-3H3,(H2,23,24,25);1H. The number of guanidine groups is 1. The molecule has 0 amide bonds. The molecule has 0 bridgehead atoms. The van der Waals surface area contributed by atoms with E-state index in [0.29, 0.717) is 5.41 Å². The highest BCUT2D eigenvalue weighted by Gasteiger charge is 2.33. The van der Waals surface area contributed by atoms with Gasteiger partial charge >= 0.3 is 0 Å². The van der Waals surface area contributed by atoms with Crippen LogP contribution in [-0.2, 0) is 11.3 Å². The molecule has 2 rings (SSSR count). The smallest absolute Gasteiger partial charge is 0.191 e. The van der Waals surface area contributed by atoms with Gasteiger partial charge in [-0.15, -0.1) is 24.0 Å². The first-order valence-electron chi connectivity index (χ1n) is 10.4. The van der Waals surface area contributed by atoms with Crippen molar-refractivity contribution < 1.29 is 4.74 Å². The molecule has 1 fully saturated rings. The van der Waals surface area contributed by atoms with Gasteiger partial charge in [-0.2, -0.15) is 0 Å². The zero-order valence-electron chi connectivity index (χ0n) is 17.9. The Morgan fingerprint density at radius 2 is 1.89 bits per heavy atom. The van der Waals surface area contributed by atoms with Gasteiger partial charge in [-0.25, -0.2) is 0 Å². The summed E-state index contributed by atoms with van der Waals surface area (Å²) < 4.78 is 5.61. The number of halogens is 1. The molecule has 0 heterocycles. The maximum absolute atomic E-state index is 5.61. The minimum absolute atomic E-state index is 0. The van der Waals surface area contributed by atoms with Gasteiger partial charge in [-0.1, -0.05) is 43.2 Å². The molecule has 0 aromatic heterocycles. The first-order valence-corrected chi connectivity index (χ1v) is 10.4. The molecule has 0 unspecified atom stereocenters. The van der Waals surface area contributed by atoms with E-state index in [4.69, 9.17) is 4.74 Å². The van der Waals surface area contributed by atoms with Gasteiger partial charge < -0.3 is 20.3 Å². The van der Waals surface area contributed by atoms with Crippen molar-refractivity contribution in [2.75, 3.05) is 46.9 Å². The lowest BCUT2D eigenvalue weighted by Crippen LogP contribution is -2.45. The Morgan fingerprint density at radius 1 is 1.18 bits per heavy atom. The number of rotatable bonds is 11. The summed E-state index contributed by atoms with van der Waals surface area (Å²) in [5.41, 5.74) is 1.72. The maximum atomic E-state index is 5.61. The van der Waals surface area contributed by atoms with E-state index in [0.717, 1.165) is 51.8 Å². The van der Waals surface area contributed by atoms with Gasteiger partial charge in [0.1, 0.15) is 0 Å². The van der Waals surface area contributed by atoms with Crippen molar-refractivity contribution >= 4 is 29.9 Å². The number of benzene rings is 1. The third-order valence-corrected chi connectivity index (χ3v) is 5.58. The molecule has 1 aromatic rings. The molecular weight excluding hydrogens is 463 g/mol. The van der Waals surface area contributed by atoms with E-state index in [1.807, 2.05) is 7.05 Å². The zero-order valence-corrected chi connectivity index (χ0v) is 20.2. The molecule has 1 aliphatic carbocycles. The summed E-state index contributed by atoms with van der Waals surface area (Å²) in [5.74, 6) is 0.908. The van der Waals surface area contributed by atoms with Crippen molar-refractivity contribution in [2.45, 2.75) is 45.6 Å². The molecule has 6 heteroatoms. The average molecular weight is 502 g/mol. The van der Waals surface area contributed by atoms with Crippen LogP contribution in [-0.4, -0.2) is 57.8 Å². The fourth-order valence-electron chi connectivity index (χ4n) is 3.90. The summed E-state index contributed by atoms with van der Waals surface area (Å²) in [4.78, 5) is 6.73. The van der Waals surface area contributed by atoms with Crippen LogP contribution in [0.1, 0.15) is 44.6 Å². The molecule has 0 saturated heterocycles. The fourth-order valence-corrected chi connectivity index (χ4v) is 3.90. The molecule has 2 N–H and O–H groups in total. The predicted molar refractivity (Wildman–Crippen MR) is 130 cm³/mol. The lowest BCUT2D eigenvalue weighted by Gasteiger charge is -2.30. The van der Waals surface area contributed by atoms with Crippen LogP contribution in [0.2, 0.25) is 0 Å². The van der Waals surface area contributed by atoms with Crippen LogP contribution >= 0.6 is 24.0 Å². The second kappa shape index (κ2) is 14.2. The Labute approximate surface area is 188 Å². The van der Waals surface area contributed by atoms with Crippen LogP contribution in [0.15, 0.2) is 35.3 Å². The quantitative estimate of drug-likeness (QED) is 0.209. The molecule has 28 heavy (non-hydrogen) atoms. The topological polar surface area (TPSA) is 48.9 Å². The van der Waals surface area contributed by atoms with Gasteiger partial charge in [-0.05, 0) is 44.2 Å². The molecule has 5 nitrogen and oxygen atoms in total. The van der Waals surface area contributed by atoms with E-state index >= 15 is 0 Å². The average Bonchev–Trinajstić information content (AvgIpc) is 3.14. The molecule has 1 aromatic carbocycles. The van der Waals surface area contributed by atoms with Gasteiger partial charge in [0.15, 0.2) is 5.96 Å². The van der Waals surface area contributed by atoms with Crippen molar-refractivity contribution in [3.05, 3.63) is 35.9 Å².